The molecule has 0 bridgehead atoms. The van der Waals surface area contributed by atoms with E-state index in [1.54, 1.807) is 11.3 Å². The van der Waals surface area contributed by atoms with Crippen molar-refractivity contribution in [3.8, 4) is 0 Å². The molecule has 0 amide bonds. The Labute approximate surface area is 88.7 Å². The standard InChI is InChI=1S/C9H9BrO2S/c1-5-6(10)4-7(13-5)9(2-3-9)8(11)12/h4H,2-3H2,1H3,(H,11,12). The van der Waals surface area contributed by atoms with E-state index in [-0.39, 0.29) is 0 Å². The van der Waals surface area contributed by atoms with Crippen LogP contribution in [0.1, 0.15) is 22.6 Å². The summed E-state index contributed by atoms with van der Waals surface area (Å²) in [6.45, 7) is 2.00. The van der Waals surface area contributed by atoms with Gasteiger partial charge in [0.1, 0.15) is 5.41 Å². The fourth-order valence-corrected chi connectivity index (χ4v) is 3.16. The number of aliphatic carboxylic acids is 1. The Balaban J connectivity index is 2.41. The van der Waals surface area contributed by atoms with Gasteiger partial charge in [-0.3, -0.25) is 4.79 Å². The van der Waals surface area contributed by atoms with Gasteiger partial charge in [0, 0.05) is 14.2 Å². The van der Waals surface area contributed by atoms with Gasteiger partial charge in [-0.2, -0.15) is 0 Å². The Morgan fingerprint density at radius 3 is 2.62 bits per heavy atom. The van der Waals surface area contributed by atoms with Gasteiger partial charge in [0.2, 0.25) is 0 Å². The minimum Gasteiger partial charge on any atom is -0.481 e. The van der Waals surface area contributed by atoms with Gasteiger partial charge in [0.05, 0.1) is 0 Å². The van der Waals surface area contributed by atoms with Crippen LogP contribution in [0.15, 0.2) is 10.5 Å². The summed E-state index contributed by atoms with van der Waals surface area (Å²) in [6.07, 6.45) is 1.57. The zero-order valence-corrected chi connectivity index (χ0v) is 9.54. The highest BCUT2D eigenvalue weighted by Gasteiger charge is 2.52. The van der Waals surface area contributed by atoms with E-state index in [9.17, 15) is 4.79 Å². The molecule has 0 unspecified atom stereocenters. The van der Waals surface area contributed by atoms with E-state index in [2.05, 4.69) is 15.9 Å². The highest BCUT2D eigenvalue weighted by molar-refractivity contribution is 9.10. The van der Waals surface area contributed by atoms with Crippen LogP contribution >= 0.6 is 27.3 Å². The molecule has 0 aliphatic heterocycles. The number of hydrogen-bond donors (Lipinski definition) is 1. The molecule has 0 radical (unpaired) electrons. The van der Waals surface area contributed by atoms with Crippen LogP contribution in [-0.4, -0.2) is 11.1 Å². The van der Waals surface area contributed by atoms with Crippen LogP contribution in [0.3, 0.4) is 0 Å². The van der Waals surface area contributed by atoms with E-state index < -0.39 is 11.4 Å². The number of carboxylic acids is 1. The zero-order chi connectivity index (χ0) is 9.64. The maximum absolute atomic E-state index is 11.0. The molecule has 0 saturated heterocycles. The lowest BCUT2D eigenvalue weighted by molar-refractivity contribution is -0.139. The minimum atomic E-state index is -0.679. The third kappa shape index (κ3) is 1.32. The first kappa shape index (κ1) is 9.21. The van der Waals surface area contributed by atoms with E-state index in [0.29, 0.717) is 0 Å². The van der Waals surface area contributed by atoms with Gasteiger partial charge in [-0.1, -0.05) is 0 Å². The van der Waals surface area contributed by atoms with Crippen molar-refractivity contribution in [2.75, 3.05) is 0 Å². The fraction of sp³-hybridized carbons (Fsp3) is 0.444. The number of halogens is 1. The lowest BCUT2D eigenvalue weighted by Gasteiger charge is -2.04. The van der Waals surface area contributed by atoms with E-state index in [1.807, 2.05) is 13.0 Å². The van der Waals surface area contributed by atoms with Crippen LogP contribution in [0.4, 0.5) is 0 Å². The lowest BCUT2D eigenvalue weighted by atomic mass is 10.1. The van der Waals surface area contributed by atoms with E-state index >= 15 is 0 Å². The van der Waals surface area contributed by atoms with E-state index in [4.69, 9.17) is 5.11 Å². The van der Waals surface area contributed by atoms with Crippen molar-refractivity contribution >= 4 is 33.2 Å². The van der Waals surface area contributed by atoms with Crippen molar-refractivity contribution in [1.29, 1.82) is 0 Å². The Kier molecular flexibility index (Phi) is 2.00. The van der Waals surface area contributed by atoms with Gasteiger partial charge in [0.25, 0.3) is 0 Å². The molecule has 13 heavy (non-hydrogen) atoms. The number of carbonyl (C=O) groups is 1. The maximum atomic E-state index is 11.0. The molecule has 1 fully saturated rings. The Bertz CT molecular complexity index is 346. The van der Waals surface area contributed by atoms with Crippen LogP contribution in [0.2, 0.25) is 0 Å². The first-order valence-electron chi connectivity index (χ1n) is 4.06. The fourth-order valence-electron chi connectivity index (χ4n) is 1.39. The number of thiophene rings is 1. The molecule has 2 nitrogen and oxygen atoms in total. The van der Waals surface area contributed by atoms with Crippen molar-refractivity contribution in [3.05, 3.63) is 20.3 Å². The second kappa shape index (κ2) is 2.82. The van der Waals surface area contributed by atoms with Crippen LogP contribution in [0.25, 0.3) is 0 Å². The van der Waals surface area contributed by atoms with Gasteiger partial charge in [-0.15, -0.1) is 11.3 Å². The third-order valence-corrected chi connectivity index (χ3v) is 4.83. The smallest absolute Gasteiger partial charge is 0.314 e. The molecule has 0 spiro atoms. The van der Waals surface area contributed by atoms with Crippen LogP contribution in [-0.2, 0) is 10.2 Å². The quantitative estimate of drug-likeness (QED) is 0.888. The molecule has 0 atom stereocenters. The topological polar surface area (TPSA) is 37.3 Å². The second-order valence-electron chi connectivity index (χ2n) is 3.40. The lowest BCUT2D eigenvalue weighted by Crippen LogP contribution is -2.17. The summed E-state index contributed by atoms with van der Waals surface area (Å²) in [5.74, 6) is -0.679. The summed E-state index contributed by atoms with van der Waals surface area (Å²) in [6, 6.07) is 1.95. The predicted molar refractivity (Wildman–Crippen MR) is 55.3 cm³/mol. The molecule has 1 heterocycles. The summed E-state index contributed by atoms with van der Waals surface area (Å²) in [7, 11) is 0. The highest BCUT2D eigenvalue weighted by atomic mass is 79.9. The number of hydrogen-bond acceptors (Lipinski definition) is 2. The zero-order valence-electron chi connectivity index (χ0n) is 7.13. The molecule has 70 valence electrons. The summed E-state index contributed by atoms with van der Waals surface area (Å²) in [5, 5.41) is 9.05. The predicted octanol–water partition coefficient (Wildman–Crippen LogP) is 2.94. The average Bonchev–Trinajstić information content (AvgIpc) is 2.77. The molecule has 1 saturated carbocycles. The summed E-state index contributed by atoms with van der Waals surface area (Å²) in [4.78, 5) is 13.1. The van der Waals surface area contributed by atoms with Gasteiger partial charge in [-0.05, 0) is 41.8 Å². The first-order valence-corrected chi connectivity index (χ1v) is 5.67. The molecule has 1 N–H and O–H groups in total. The van der Waals surface area contributed by atoms with Gasteiger partial charge < -0.3 is 5.11 Å². The average molecular weight is 261 g/mol. The normalized spacial score (nSPS) is 18.6. The third-order valence-electron chi connectivity index (χ3n) is 2.49. The molecule has 2 rings (SSSR count). The largest absolute Gasteiger partial charge is 0.481 e. The molecular formula is C9H9BrO2S. The minimum absolute atomic E-state index is 0.540. The van der Waals surface area contributed by atoms with Gasteiger partial charge in [-0.25, -0.2) is 0 Å². The van der Waals surface area contributed by atoms with Crippen LogP contribution < -0.4 is 0 Å². The molecule has 0 aromatic carbocycles. The summed E-state index contributed by atoms with van der Waals surface area (Å²) >= 11 is 4.99. The van der Waals surface area contributed by atoms with Crippen molar-refractivity contribution < 1.29 is 9.90 Å². The monoisotopic (exact) mass is 260 g/mol. The molecule has 1 aliphatic carbocycles. The summed E-state index contributed by atoms with van der Waals surface area (Å²) < 4.78 is 1.03. The van der Waals surface area contributed by atoms with Crippen LogP contribution in [0.5, 0.6) is 0 Å². The van der Waals surface area contributed by atoms with Crippen molar-refractivity contribution in [2.24, 2.45) is 0 Å². The SMILES string of the molecule is Cc1sc(C2(C(=O)O)CC2)cc1Br. The number of carboxylic acid groups (broad SMARTS) is 1. The van der Waals surface area contributed by atoms with Crippen molar-refractivity contribution in [1.82, 2.24) is 0 Å². The molecule has 4 heteroatoms. The first-order chi connectivity index (χ1) is 6.06. The van der Waals surface area contributed by atoms with Crippen molar-refractivity contribution in [3.63, 3.8) is 0 Å². The van der Waals surface area contributed by atoms with Gasteiger partial charge in [0.15, 0.2) is 0 Å². The summed E-state index contributed by atoms with van der Waals surface area (Å²) in [5.41, 5.74) is -0.540. The second-order valence-corrected chi connectivity index (χ2v) is 5.51. The Morgan fingerprint density at radius 2 is 2.31 bits per heavy atom. The van der Waals surface area contributed by atoms with E-state index in [1.165, 1.54) is 0 Å². The maximum Gasteiger partial charge on any atom is 0.314 e. The molecule has 1 aromatic rings. The Hall–Kier alpha value is -0.350. The van der Waals surface area contributed by atoms with Gasteiger partial charge >= 0.3 is 5.97 Å². The molecular weight excluding hydrogens is 252 g/mol. The van der Waals surface area contributed by atoms with E-state index in [0.717, 1.165) is 27.1 Å². The van der Waals surface area contributed by atoms with Crippen molar-refractivity contribution in [2.45, 2.75) is 25.2 Å². The molecule has 1 aromatic heterocycles. The van der Waals surface area contributed by atoms with Crippen LogP contribution in [0, 0.1) is 6.92 Å². The number of rotatable bonds is 2. The molecule has 1 aliphatic rings. The highest BCUT2D eigenvalue weighted by Crippen LogP contribution is 2.51. The number of aryl methyl sites for hydroxylation is 1. The Morgan fingerprint density at radius 1 is 1.69 bits per heavy atom.